The molecule has 0 saturated carbocycles. The third kappa shape index (κ3) is 4.20. The van der Waals surface area contributed by atoms with Crippen molar-refractivity contribution in [1.82, 2.24) is 5.48 Å². The first-order chi connectivity index (χ1) is 11.3. The van der Waals surface area contributed by atoms with E-state index in [9.17, 15) is 9.59 Å². The molecule has 0 fully saturated rings. The van der Waals surface area contributed by atoms with Gasteiger partial charge in [-0.2, -0.15) is 0 Å². The summed E-state index contributed by atoms with van der Waals surface area (Å²) in [5, 5.41) is 8.55. The third-order valence-corrected chi connectivity index (χ3v) is 3.82. The molecular weight excluding hydrogens is 304 g/mol. The highest BCUT2D eigenvalue weighted by molar-refractivity contribution is 5.86. The number of rotatable bonds is 5. The number of anilines is 2. The van der Waals surface area contributed by atoms with Crippen LogP contribution in [0, 0.1) is 0 Å². The molecule has 5 nitrogen and oxygen atoms in total. The predicted octanol–water partition coefficient (Wildman–Crippen LogP) is 3.33. The number of carbonyl (C=O) groups excluding carboxylic acids is 2. The van der Waals surface area contributed by atoms with Crippen LogP contribution >= 0.6 is 0 Å². The fourth-order valence-electron chi connectivity index (χ4n) is 2.39. The summed E-state index contributed by atoms with van der Waals surface area (Å²) in [6, 6.07) is 14.9. The van der Waals surface area contributed by atoms with Crippen molar-refractivity contribution < 1.29 is 14.8 Å². The number of hydrogen-bond acceptors (Lipinski definition) is 3. The summed E-state index contributed by atoms with van der Waals surface area (Å²) in [5.41, 5.74) is 5.09. The lowest BCUT2D eigenvalue weighted by Crippen LogP contribution is -2.20. The standard InChI is InChI=1S/C19H22N2O3/c1-19(2,3)15-6-10-17(11-7-15)21(13-22)16-8-4-14(5-9-16)12-18(23)20-24/h4-11,13,24H,12H2,1-3H3,(H,20,23). The Morgan fingerprint density at radius 2 is 1.54 bits per heavy atom. The first-order valence-corrected chi connectivity index (χ1v) is 7.72. The average molecular weight is 326 g/mol. The van der Waals surface area contributed by atoms with Crippen molar-refractivity contribution >= 4 is 23.7 Å². The molecule has 126 valence electrons. The first-order valence-electron chi connectivity index (χ1n) is 7.72. The average Bonchev–Trinajstić information content (AvgIpc) is 2.56. The topological polar surface area (TPSA) is 69.6 Å². The SMILES string of the molecule is CC(C)(C)c1ccc(N(C=O)c2ccc(CC(=O)NO)cc2)cc1. The molecule has 0 aromatic heterocycles. The molecule has 0 heterocycles. The van der Waals surface area contributed by atoms with E-state index < -0.39 is 5.91 Å². The van der Waals surface area contributed by atoms with Crippen LogP contribution in [-0.4, -0.2) is 17.5 Å². The molecule has 0 bridgehead atoms. The number of hydrogen-bond donors (Lipinski definition) is 2. The second-order valence-corrected chi connectivity index (χ2v) is 6.65. The van der Waals surface area contributed by atoms with Crippen LogP contribution in [0.2, 0.25) is 0 Å². The molecule has 2 rings (SSSR count). The summed E-state index contributed by atoms with van der Waals surface area (Å²) >= 11 is 0. The van der Waals surface area contributed by atoms with E-state index in [2.05, 4.69) is 20.8 Å². The van der Waals surface area contributed by atoms with Crippen molar-refractivity contribution in [2.24, 2.45) is 0 Å². The molecule has 0 aliphatic rings. The molecule has 2 aromatic rings. The van der Waals surface area contributed by atoms with Crippen LogP contribution in [0.5, 0.6) is 0 Å². The van der Waals surface area contributed by atoms with Crippen LogP contribution in [-0.2, 0) is 21.4 Å². The zero-order valence-corrected chi connectivity index (χ0v) is 14.1. The van der Waals surface area contributed by atoms with Gasteiger partial charge in [-0.1, -0.05) is 45.0 Å². The Balaban J connectivity index is 2.22. The van der Waals surface area contributed by atoms with Gasteiger partial charge < -0.3 is 0 Å². The minimum atomic E-state index is -0.479. The highest BCUT2D eigenvalue weighted by Gasteiger charge is 2.15. The van der Waals surface area contributed by atoms with Gasteiger partial charge in [0, 0.05) is 11.4 Å². The van der Waals surface area contributed by atoms with Crippen molar-refractivity contribution in [2.45, 2.75) is 32.6 Å². The fraction of sp³-hybridized carbons (Fsp3) is 0.263. The van der Waals surface area contributed by atoms with Gasteiger partial charge in [-0.3, -0.25) is 19.7 Å². The normalized spacial score (nSPS) is 11.0. The number of nitrogens with one attached hydrogen (secondary N) is 1. The van der Waals surface area contributed by atoms with Crippen LogP contribution in [0.25, 0.3) is 0 Å². The summed E-state index contributed by atoms with van der Waals surface area (Å²) in [6.45, 7) is 6.42. The molecule has 0 aliphatic heterocycles. The van der Waals surface area contributed by atoms with E-state index in [4.69, 9.17) is 5.21 Å². The Morgan fingerprint density at radius 1 is 1.04 bits per heavy atom. The number of amides is 2. The lowest BCUT2D eigenvalue weighted by Gasteiger charge is -2.22. The zero-order chi connectivity index (χ0) is 17.7. The monoisotopic (exact) mass is 326 g/mol. The molecule has 0 aliphatic carbocycles. The Kier molecular flexibility index (Phi) is 5.36. The van der Waals surface area contributed by atoms with Crippen molar-refractivity contribution in [1.29, 1.82) is 0 Å². The minimum absolute atomic E-state index is 0.0550. The summed E-state index contributed by atoms with van der Waals surface area (Å²) in [4.78, 5) is 24.2. The molecule has 0 saturated heterocycles. The van der Waals surface area contributed by atoms with E-state index >= 15 is 0 Å². The minimum Gasteiger partial charge on any atom is -0.289 e. The van der Waals surface area contributed by atoms with Gasteiger partial charge in [0.15, 0.2) is 0 Å². The molecule has 0 unspecified atom stereocenters. The molecular formula is C19H22N2O3. The van der Waals surface area contributed by atoms with E-state index in [-0.39, 0.29) is 11.8 Å². The van der Waals surface area contributed by atoms with Gasteiger partial charge in [0.05, 0.1) is 6.42 Å². The molecule has 2 aromatic carbocycles. The lowest BCUT2D eigenvalue weighted by molar-refractivity contribution is -0.128. The summed E-state index contributed by atoms with van der Waals surface area (Å²) in [6.07, 6.45) is 0.847. The van der Waals surface area contributed by atoms with Crippen LogP contribution in [0.15, 0.2) is 48.5 Å². The molecule has 2 N–H and O–H groups in total. The van der Waals surface area contributed by atoms with E-state index in [0.717, 1.165) is 17.7 Å². The predicted molar refractivity (Wildman–Crippen MR) is 93.4 cm³/mol. The second kappa shape index (κ2) is 7.27. The van der Waals surface area contributed by atoms with E-state index in [1.165, 1.54) is 5.56 Å². The smallest absolute Gasteiger partial charge is 0.247 e. The lowest BCUT2D eigenvalue weighted by atomic mass is 9.87. The van der Waals surface area contributed by atoms with Gasteiger partial charge in [0.1, 0.15) is 0 Å². The molecule has 0 atom stereocenters. The highest BCUT2D eigenvalue weighted by atomic mass is 16.5. The van der Waals surface area contributed by atoms with Gasteiger partial charge in [-0.15, -0.1) is 0 Å². The van der Waals surface area contributed by atoms with Gasteiger partial charge in [0.2, 0.25) is 12.3 Å². The largest absolute Gasteiger partial charge is 0.289 e. The van der Waals surface area contributed by atoms with Crippen molar-refractivity contribution in [3.63, 3.8) is 0 Å². The van der Waals surface area contributed by atoms with Crippen LogP contribution < -0.4 is 10.4 Å². The fourth-order valence-corrected chi connectivity index (χ4v) is 2.39. The van der Waals surface area contributed by atoms with Crippen molar-refractivity contribution in [3.05, 3.63) is 59.7 Å². The maximum atomic E-state index is 11.5. The van der Waals surface area contributed by atoms with Crippen molar-refractivity contribution in [3.8, 4) is 0 Å². The summed E-state index contributed by atoms with van der Waals surface area (Å²) in [7, 11) is 0. The van der Waals surface area contributed by atoms with Crippen molar-refractivity contribution in [2.75, 3.05) is 4.90 Å². The number of benzene rings is 2. The maximum absolute atomic E-state index is 11.5. The summed E-state index contributed by atoms with van der Waals surface area (Å²) < 4.78 is 0. The summed E-state index contributed by atoms with van der Waals surface area (Å²) in [5.74, 6) is -0.479. The Bertz CT molecular complexity index is 701. The quantitative estimate of drug-likeness (QED) is 0.503. The first kappa shape index (κ1) is 17.7. The van der Waals surface area contributed by atoms with Crippen LogP contribution in [0.1, 0.15) is 31.9 Å². The van der Waals surface area contributed by atoms with Gasteiger partial charge in [-0.05, 0) is 40.8 Å². The maximum Gasteiger partial charge on any atom is 0.247 e. The van der Waals surface area contributed by atoms with Crippen LogP contribution in [0.3, 0.4) is 0 Å². The third-order valence-electron chi connectivity index (χ3n) is 3.82. The van der Waals surface area contributed by atoms with Gasteiger partial charge in [0.25, 0.3) is 0 Å². The van der Waals surface area contributed by atoms with Gasteiger partial charge in [-0.25, -0.2) is 5.48 Å². The van der Waals surface area contributed by atoms with E-state index in [0.29, 0.717) is 5.69 Å². The van der Waals surface area contributed by atoms with Gasteiger partial charge >= 0.3 is 0 Å². The highest BCUT2D eigenvalue weighted by Crippen LogP contribution is 2.28. The molecule has 0 spiro atoms. The molecule has 24 heavy (non-hydrogen) atoms. The number of nitrogens with zero attached hydrogens (tertiary/aromatic N) is 1. The Labute approximate surface area is 141 Å². The number of carbonyl (C=O) groups is 2. The number of hydroxylamine groups is 1. The molecule has 5 heteroatoms. The second-order valence-electron chi connectivity index (χ2n) is 6.65. The molecule has 0 radical (unpaired) electrons. The molecule has 2 amide bonds. The van der Waals surface area contributed by atoms with E-state index in [1.807, 2.05) is 24.3 Å². The Morgan fingerprint density at radius 3 is 1.96 bits per heavy atom. The zero-order valence-electron chi connectivity index (χ0n) is 14.1. The van der Waals surface area contributed by atoms with Crippen LogP contribution in [0.4, 0.5) is 11.4 Å². The van der Waals surface area contributed by atoms with E-state index in [1.54, 1.807) is 34.6 Å². The Hall–Kier alpha value is -2.66.